The molecule has 0 spiro atoms. The lowest BCUT2D eigenvalue weighted by Gasteiger charge is -2.10. The highest BCUT2D eigenvalue weighted by atomic mass is 32.1. The van der Waals surface area contributed by atoms with E-state index in [1.807, 2.05) is 32.0 Å². The SMILES string of the molecule is CCOC(=O)Cc1csc(NC(=O)COc2cccc(C)c2C)n1. The maximum atomic E-state index is 12.0. The van der Waals surface area contributed by atoms with Gasteiger partial charge in [0.1, 0.15) is 5.75 Å². The summed E-state index contributed by atoms with van der Waals surface area (Å²) < 4.78 is 10.4. The molecule has 0 aliphatic rings. The molecule has 0 saturated heterocycles. The number of aryl methyl sites for hydroxylation is 1. The molecule has 2 aromatic rings. The summed E-state index contributed by atoms with van der Waals surface area (Å²) in [4.78, 5) is 27.5. The van der Waals surface area contributed by atoms with E-state index in [0.29, 0.717) is 23.2 Å². The first-order valence-electron chi connectivity index (χ1n) is 7.58. The number of aromatic nitrogens is 1. The summed E-state index contributed by atoms with van der Waals surface area (Å²) in [6, 6.07) is 5.71. The minimum atomic E-state index is -0.334. The minimum absolute atomic E-state index is 0.0964. The van der Waals surface area contributed by atoms with Gasteiger partial charge in [0.25, 0.3) is 5.91 Å². The predicted molar refractivity (Wildman–Crippen MR) is 92.5 cm³/mol. The fraction of sp³-hybridized carbons (Fsp3) is 0.353. The van der Waals surface area contributed by atoms with Crippen molar-refractivity contribution in [2.45, 2.75) is 27.2 Å². The molecule has 1 N–H and O–H groups in total. The van der Waals surface area contributed by atoms with Gasteiger partial charge in [0.05, 0.1) is 18.7 Å². The van der Waals surface area contributed by atoms with Crippen LogP contribution in [0.4, 0.5) is 5.13 Å². The van der Waals surface area contributed by atoms with E-state index in [0.717, 1.165) is 11.1 Å². The Labute approximate surface area is 144 Å². The molecule has 0 unspecified atom stereocenters. The zero-order valence-electron chi connectivity index (χ0n) is 13.9. The van der Waals surface area contributed by atoms with E-state index in [9.17, 15) is 9.59 Å². The van der Waals surface area contributed by atoms with E-state index in [4.69, 9.17) is 9.47 Å². The van der Waals surface area contributed by atoms with Crippen LogP contribution in [-0.2, 0) is 20.7 Å². The molecule has 0 fully saturated rings. The Morgan fingerprint density at radius 1 is 1.29 bits per heavy atom. The third kappa shape index (κ3) is 5.06. The molecular formula is C17H20N2O4S. The topological polar surface area (TPSA) is 77.5 Å². The molecule has 128 valence electrons. The van der Waals surface area contributed by atoms with Gasteiger partial charge in [-0.05, 0) is 38.0 Å². The van der Waals surface area contributed by atoms with Gasteiger partial charge in [-0.15, -0.1) is 11.3 Å². The van der Waals surface area contributed by atoms with Crippen LogP contribution in [0.15, 0.2) is 23.6 Å². The first-order chi connectivity index (χ1) is 11.5. The van der Waals surface area contributed by atoms with Gasteiger partial charge in [0.15, 0.2) is 11.7 Å². The van der Waals surface area contributed by atoms with Crippen LogP contribution in [-0.4, -0.2) is 30.1 Å². The van der Waals surface area contributed by atoms with Crippen LogP contribution in [0.5, 0.6) is 5.75 Å². The lowest BCUT2D eigenvalue weighted by atomic mass is 10.1. The van der Waals surface area contributed by atoms with Gasteiger partial charge in [-0.2, -0.15) is 0 Å². The summed E-state index contributed by atoms with van der Waals surface area (Å²) in [5, 5.41) is 4.82. The number of benzene rings is 1. The molecule has 0 bridgehead atoms. The van der Waals surface area contributed by atoms with Crippen LogP contribution >= 0.6 is 11.3 Å². The molecular weight excluding hydrogens is 328 g/mol. The Balaban J connectivity index is 1.85. The predicted octanol–water partition coefficient (Wildman–Crippen LogP) is 2.88. The lowest BCUT2D eigenvalue weighted by Crippen LogP contribution is -2.20. The van der Waals surface area contributed by atoms with Gasteiger partial charge in [-0.1, -0.05) is 12.1 Å². The number of ether oxygens (including phenoxy) is 2. The zero-order chi connectivity index (χ0) is 17.5. The molecule has 1 aromatic carbocycles. The van der Waals surface area contributed by atoms with E-state index >= 15 is 0 Å². The minimum Gasteiger partial charge on any atom is -0.483 e. The molecule has 24 heavy (non-hydrogen) atoms. The van der Waals surface area contributed by atoms with E-state index in [2.05, 4.69) is 10.3 Å². The number of amides is 1. The normalized spacial score (nSPS) is 10.3. The van der Waals surface area contributed by atoms with Crippen molar-refractivity contribution >= 4 is 28.3 Å². The van der Waals surface area contributed by atoms with Crippen molar-refractivity contribution in [1.82, 2.24) is 4.98 Å². The zero-order valence-corrected chi connectivity index (χ0v) is 14.7. The maximum absolute atomic E-state index is 12.0. The quantitative estimate of drug-likeness (QED) is 0.779. The molecule has 0 saturated carbocycles. The standard InChI is InChI=1S/C17H20N2O4S/c1-4-22-16(21)8-13-10-24-17(18-13)19-15(20)9-23-14-7-5-6-11(2)12(14)3/h5-7,10H,4,8-9H2,1-3H3,(H,18,19,20). The van der Waals surface area contributed by atoms with Crippen LogP contribution in [0.2, 0.25) is 0 Å². The smallest absolute Gasteiger partial charge is 0.311 e. The van der Waals surface area contributed by atoms with Crippen molar-refractivity contribution in [2.75, 3.05) is 18.5 Å². The molecule has 0 radical (unpaired) electrons. The first kappa shape index (κ1) is 17.9. The monoisotopic (exact) mass is 348 g/mol. The average Bonchev–Trinajstić information content (AvgIpc) is 2.96. The molecule has 0 aliphatic carbocycles. The highest BCUT2D eigenvalue weighted by Gasteiger charge is 2.11. The van der Waals surface area contributed by atoms with Gasteiger partial charge in [-0.3, -0.25) is 14.9 Å². The largest absolute Gasteiger partial charge is 0.483 e. The average molecular weight is 348 g/mol. The van der Waals surface area contributed by atoms with E-state index in [-0.39, 0.29) is 24.9 Å². The van der Waals surface area contributed by atoms with Crippen LogP contribution in [0.1, 0.15) is 23.7 Å². The summed E-state index contributed by atoms with van der Waals surface area (Å²) in [5.74, 6) is 0.0548. The molecule has 0 atom stereocenters. The van der Waals surface area contributed by atoms with Gasteiger partial charge in [-0.25, -0.2) is 4.98 Å². The van der Waals surface area contributed by atoms with Crippen LogP contribution < -0.4 is 10.1 Å². The van der Waals surface area contributed by atoms with E-state index in [1.54, 1.807) is 12.3 Å². The fourth-order valence-corrected chi connectivity index (χ4v) is 2.71. The summed E-state index contributed by atoms with van der Waals surface area (Å²) in [7, 11) is 0. The molecule has 1 aromatic heterocycles. The molecule has 1 heterocycles. The number of nitrogens with one attached hydrogen (secondary N) is 1. The summed E-state index contributed by atoms with van der Waals surface area (Å²) in [5.41, 5.74) is 2.69. The Hall–Kier alpha value is -2.41. The van der Waals surface area contributed by atoms with Gasteiger partial charge in [0.2, 0.25) is 0 Å². The Morgan fingerprint density at radius 2 is 2.08 bits per heavy atom. The van der Waals surface area contributed by atoms with E-state index < -0.39 is 0 Å². The summed E-state index contributed by atoms with van der Waals surface area (Å²) >= 11 is 1.26. The number of hydrogen-bond donors (Lipinski definition) is 1. The first-order valence-corrected chi connectivity index (χ1v) is 8.46. The van der Waals surface area contributed by atoms with Crippen LogP contribution in [0, 0.1) is 13.8 Å². The van der Waals surface area contributed by atoms with Gasteiger partial charge >= 0.3 is 5.97 Å². The number of hydrogen-bond acceptors (Lipinski definition) is 6. The third-order valence-electron chi connectivity index (χ3n) is 3.34. The number of nitrogens with zero attached hydrogens (tertiary/aromatic N) is 1. The van der Waals surface area contributed by atoms with Crippen LogP contribution in [0.25, 0.3) is 0 Å². The number of anilines is 1. The molecule has 0 aliphatic heterocycles. The van der Waals surface area contributed by atoms with Crippen molar-refractivity contribution in [2.24, 2.45) is 0 Å². The number of carbonyl (C=O) groups excluding carboxylic acids is 2. The third-order valence-corrected chi connectivity index (χ3v) is 4.15. The molecule has 6 nitrogen and oxygen atoms in total. The second-order valence-corrected chi connectivity index (χ2v) is 6.02. The fourth-order valence-electron chi connectivity index (χ4n) is 1.98. The lowest BCUT2D eigenvalue weighted by molar-refractivity contribution is -0.142. The number of thiazole rings is 1. The van der Waals surface area contributed by atoms with Crippen molar-refractivity contribution < 1.29 is 19.1 Å². The number of carbonyl (C=O) groups is 2. The van der Waals surface area contributed by atoms with Crippen molar-refractivity contribution in [3.05, 3.63) is 40.4 Å². The highest BCUT2D eigenvalue weighted by Crippen LogP contribution is 2.21. The van der Waals surface area contributed by atoms with Crippen molar-refractivity contribution in [1.29, 1.82) is 0 Å². The molecule has 7 heteroatoms. The van der Waals surface area contributed by atoms with E-state index in [1.165, 1.54) is 11.3 Å². The second-order valence-electron chi connectivity index (χ2n) is 5.16. The number of rotatable bonds is 7. The molecule has 1 amide bonds. The maximum Gasteiger partial charge on any atom is 0.311 e. The number of esters is 1. The molecule has 2 rings (SSSR count). The van der Waals surface area contributed by atoms with Crippen LogP contribution in [0.3, 0.4) is 0 Å². The Morgan fingerprint density at radius 3 is 2.83 bits per heavy atom. The Kier molecular flexibility index (Phi) is 6.31. The summed E-state index contributed by atoms with van der Waals surface area (Å²) in [6.07, 6.45) is 0.0964. The van der Waals surface area contributed by atoms with Crippen molar-refractivity contribution in [3.63, 3.8) is 0 Å². The Bertz CT molecular complexity index is 727. The summed E-state index contributed by atoms with van der Waals surface area (Å²) in [6.45, 7) is 5.92. The van der Waals surface area contributed by atoms with Gasteiger partial charge in [0, 0.05) is 5.38 Å². The van der Waals surface area contributed by atoms with Crippen molar-refractivity contribution in [3.8, 4) is 5.75 Å². The highest BCUT2D eigenvalue weighted by molar-refractivity contribution is 7.13. The second kappa shape index (κ2) is 8.44. The van der Waals surface area contributed by atoms with Gasteiger partial charge < -0.3 is 9.47 Å².